The lowest BCUT2D eigenvalue weighted by atomic mass is 10.1. The number of amides is 1. The summed E-state index contributed by atoms with van der Waals surface area (Å²) in [6.45, 7) is 4.84. The van der Waals surface area contributed by atoms with Gasteiger partial charge in [0.2, 0.25) is 0 Å². The molecule has 1 saturated heterocycles. The van der Waals surface area contributed by atoms with E-state index in [1.807, 2.05) is 78.6 Å². The van der Waals surface area contributed by atoms with Crippen molar-refractivity contribution < 1.29 is 9.53 Å². The summed E-state index contributed by atoms with van der Waals surface area (Å²) in [5.74, 6) is 1.53. The third kappa shape index (κ3) is 4.16. The molecule has 7 heteroatoms. The van der Waals surface area contributed by atoms with Crippen LogP contribution < -0.4 is 9.64 Å². The second kappa shape index (κ2) is 8.81. The molecule has 1 fully saturated rings. The number of piperazine rings is 1. The third-order valence-corrected chi connectivity index (χ3v) is 7.15. The summed E-state index contributed by atoms with van der Waals surface area (Å²) in [6, 6.07) is 20.9. The molecule has 3 aromatic carbocycles. The monoisotopic (exact) mass is 463 g/mol. The summed E-state index contributed by atoms with van der Waals surface area (Å²) < 4.78 is 6.95. The molecule has 0 saturated carbocycles. The van der Waals surface area contributed by atoms with E-state index in [0.717, 1.165) is 44.8 Å². The van der Waals surface area contributed by atoms with Gasteiger partial charge in [0.1, 0.15) is 11.5 Å². The molecular weight excluding hydrogens is 442 g/mol. The molecule has 162 valence electrons. The van der Waals surface area contributed by atoms with Gasteiger partial charge in [0.15, 0.2) is 5.13 Å². The minimum atomic E-state index is 0.0443. The van der Waals surface area contributed by atoms with E-state index in [1.54, 1.807) is 11.3 Å². The topological polar surface area (TPSA) is 45.7 Å². The van der Waals surface area contributed by atoms with Gasteiger partial charge in [-0.3, -0.25) is 4.79 Å². The van der Waals surface area contributed by atoms with Crippen molar-refractivity contribution in [2.45, 2.75) is 6.92 Å². The van der Waals surface area contributed by atoms with Crippen molar-refractivity contribution >= 4 is 44.2 Å². The first-order valence-electron chi connectivity index (χ1n) is 10.5. The molecule has 0 spiro atoms. The van der Waals surface area contributed by atoms with E-state index in [0.29, 0.717) is 24.4 Å². The molecule has 1 aliphatic rings. The molecule has 5 nitrogen and oxygen atoms in total. The van der Waals surface area contributed by atoms with Gasteiger partial charge in [0, 0.05) is 36.8 Å². The van der Waals surface area contributed by atoms with E-state index in [-0.39, 0.29) is 5.91 Å². The van der Waals surface area contributed by atoms with Gasteiger partial charge >= 0.3 is 0 Å². The second-order valence-electron chi connectivity index (χ2n) is 7.73. The fraction of sp³-hybridized carbons (Fsp3) is 0.200. The number of benzene rings is 3. The van der Waals surface area contributed by atoms with Gasteiger partial charge in [-0.2, -0.15) is 0 Å². The van der Waals surface area contributed by atoms with Crippen molar-refractivity contribution in [3.8, 4) is 11.5 Å². The molecule has 32 heavy (non-hydrogen) atoms. The van der Waals surface area contributed by atoms with Gasteiger partial charge in [0.25, 0.3) is 5.91 Å². The Morgan fingerprint density at radius 1 is 0.938 bits per heavy atom. The average Bonchev–Trinajstić information content (AvgIpc) is 3.28. The summed E-state index contributed by atoms with van der Waals surface area (Å²) in [7, 11) is 0. The number of anilines is 1. The van der Waals surface area contributed by atoms with Crippen molar-refractivity contribution in [1.29, 1.82) is 0 Å². The minimum absolute atomic E-state index is 0.0443. The maximum atomic E-state index is 13.0. The average molecular weight is 464 g/mol. The van der Waals surface area contributed by atoms with E-state index in [1.165, 1.54) is 0 Å². The predicted molar refractivity (Wildman–Crippen MR) is 130 cm³/mol. The Bertz CT molecular complexity index is 1250. The van der Waals surface area contributed by atoms with Crippen molar-refractivity contribution in [1.82, 2.24) is 9.88 Å². The zero-order valence-corrected chi connectivity index (χ0v) is 19.2. The van der Waals surface area contributed by atoms with Crippen molar-refractivity contribution in [3.05, 3.63) is 82.9 Å². The quantitative estimate of drug-likeness (QED) is 0.371. The molecular formula is C25H22ClN3O2S. The van der Waals surface area contributed by atoms with Gasteiger partial charge in [-0.15, -0.1) is 0 Å². The van der Waals surface area contributed by atoms with E-state index in [9.17, 15) is 4.79 Å². The maximum Gasteiger partial charge on any atom is 0.253 e. The van der Waals surface area contributed by atoms with E-state index in [2.05, 4.69) is 4.90 Å². The molecule has 2 heterocycles. The second-order valence-corrected chi connectivity index (χ2v) is 9.15. The molecule has 1 aliphatic heterocycles. The number of hydrogen-bond acceptors (Lipinski definition) is 5. The van der Waals surface area contributed by atoms with Crippen LogP contribution in [0, 0.1) is 6.92 Å². The highest BCUT2D eigenvalue weighted by atomic mass is 35.5. The van der Waals surface area contributed by atoms with Crippen molar-refractivity contribution in [3.63, 3.8) is 0 Å². The first-order valence-corrected chi connectivity index (χ1v) is 11.7. The maximum absolute atomic E-state index is 13.0. The van der Waals surface area contributed by atoms with Gasteiger partial charge in [-0.25, -0.2) is 4.98 Å². The van der Waals surface area contributed by atoms with Crippen LogP contribution >= 0.6 is 22.9 Å². The van der Waals surface area contributed by atoms with Crippen LogP contribution in [0.15, 0.2) is 66.7 Å². The Kier molecular flexibility index (Phi) is 5.72. The van der Waals surface area contributed by atoms with Crippen molar-refractivity contribution in [2.24, 2.45) is 0 Å². The van der Waals surface area contributed by atoms with Crippen LogP contribution in [-0.2, 0) is 0 Å². The molecule has 0 bridgehead atoms. The summed E-state index contributed by atoms with van der Waals surface area (Å²) >= 11 is 7.92. The lowest BCUT2D eigenvalue weighted by molar-refractivity contribution is 0.0747. The highest BCUT2D eigenvalue weighted by molar-refractivity contribution is 7.22. The van der Waals surface area contributed by atoms with Gasteiger partial charge in [-0.05, 0) is 61.0 Å². The molecule has 4 aromatic rings. The summed E-state index contributed by atoms with van der Waals surface area (Å²) in [5.41, 5.74) is 2.65. The zero-order valence-electron chi connectivity index (χ0n) is 17.6. The zero-order chi connectivity index (χ0) is 22.1. The number of carbonyl (C=O) groups excluding carboxylic acids is 1. The number of nitrogens with zero attached hydrogens (tertiary/aromatic N) is 3. The van der Waals surface area contributed by atoms with Gasteiger partial charge < -0.3 is 14.5 Å². The number of fused-ring (bicyclic) bond motifs is 1. The largest absolute Gasteiger partial charge is 0.457 e. The Hall–Kier alpha value is -3.09. The number of rotatable bonds is 4. The summed E-state index contributed by atoms with van der Waals surface area (Å²) in [6.07, 6.45) is 0. The minimum Gasteiger partial charge on any atom is -0.457 e. The molecule has 0 unspecified atom stereocenters. The smallest absolute Gasteiger partial charge is 0.253 e. The van der Waals surface area contributed by atoms with Crippen LogP contribution in [0.25, 0.3) is 10.2 Å². The number of hydrogen-bond donors (Lipinski definition) is 0. The number of thiazole rings is 1. The molecule has 0 N–H and O–H groups in total. The van der Waals surface area contributed by atoms with Crippen LogP contribution in [0.1, 0.15) is 15.9 Å². The Labute approximate surface area is 195 Å². The number of aryl methyl sites for hydroxylation is 1. The molecule has 5 rings (SSSR count). The molecule has 0 aliphatic carbocycles. The van der Waals surface area contributed by atoms with Crippen LogP contribution in [-0.4, -0.2) is 42.0 Å². The van der Waals surface area contributed by atoms with Crippen LogP contribution in [0.5, 0.6) is 11.5 Å². The molecule has 0 radical (unpaired) electrons. The first kappa shape index (κ1) is 20.8. The number of carbonyl (C=O) groups is 1. The van der Waals surface area contributed by atoms with Crippen LogP contribution in [0.3, 0.4) is 0 Å². The number of halogens is 1. The highest BCUT2D eigenvalue weighted by Crippen LogP contribution is 2.34. The van der Waals surface area contributed by atoms with Gasteiger partial charge in [0.05, 0.1) is 10.2 Å². The normalized spacial score (nSPS) is 14.1. The fourth-order valence-electron chi connectivity index (χ4n) is 3.80. The third-order valence-electron chi connectivity index (χ3n) is 5.65. The number of ether oxygens (including phenoxy) is 1. The molecule has 0 atom stereocenters. The lowest BCUT2D eigenvalue weighted by Crippen LogP contribution is -2.48. The van der Waals surface area contributed by atoms with Crippen molar-refractivity contribution in [2.75, 3.05) is 31.1 Å². The van der Waals surface area contributed by atoms with E-state index >= 15 is 0 Å². The number of aromatic nitrogens is 1. The summed E-state index contributed by atoms with van der Waals surface area (Å²) in [5, 5.41) is 1.73. The first-order chi connectivity index (χ1) is 15.6. The Morgan fingerprint density at radius 2 is 1.62 bits per heavy atom. The number of para-hydroxylation sites is 1. The fourth-order valence-corrected chi connectivity index (χ4v) is 5.03. The highest BCUT2D eigenvalue weighted by Gasteiger charge is 2.24. The molecule has 1 amide bonds. The SMILES string of the molecule is Cc1c(Cl)ccc2sc(N3CCN(C(=O)c4ccc(Oc5ccccc5)cc4)CC3)nc12. The van der Waals surface area contributed by atoms with Gasteiger partial charge in [-0.1, -0.05) is 41.1 Å². The van der Waals surface area contributed by atoms with Crippen LogP contribution in [0.2, 0.25) is 5.02 Å². The molecule has 1 aromatic heterocycles. The lowest BCUT2D eigenvalue weighted by Gasteiger charge is -2.34. The Balaban J connectivity index is 1.22. The standard InChI is InChI=1S/C25H22ClN3O2S/c1-17-21(26)11-12-22-23(17)27-25(32-22)29-15-13-28(14-16-29)24(30)18-7-9-20(10-8-18)31-19-5-3-2-4-6-19/h2-12H,13-16H2,1H3. The Morgan fingerprint density at radius 3 is 2.34 bits per heavy atom. The predicted octanol–water partition coefficient (Wildman–Crippen LogP) is 6.01. The van der Waals surface area contributed by atoms with E-state index in [4.69, 9.17) is 21.3 Å². The summed E-state index contributed by atoms with van der Waals surface area (Å²) in [4.78, 5) is 21.9. The van der Waals surface area contributed by atoms with E-state index < -0.39 is 0 Å². The van der Waals surface area contributed by atoms with Crippen LogP contribution in [0.4, 0.5) is 5.13 Å².